The molecule has 2 aliphatic carbocycles. The summed E-state index contributed by atoms with van der Waals surface area (Å²) < 4.78 is 34.1. The number of hydrogen-bond donors (Lipinski definition) is 1. The Kier molecular flexibility index (Phi) is 7.20. The summed E-state index contributed by atoms with van der Waals surface area (Å²) in [5, 5.41) is 0.700. The summed E-state index contributed by atoms with van der Waals surface area (Å²) in [5.74, 6) is 0.156. The van der Waals surface area contributed by atoms with Crippen molar-refractivity contribution >= 4 is 39.0 Å². The molecule has 2 fully saturated rings. The number of hydrogen-bond acceptors (Lipinski definition) is 6. The highest BCUT2D eigenvalue weighted by Gasteiger charge is 2.59. The van der Waals surface area contributed by atoms with Crippen LogP contribution in [0.1, 0.15) is 66.9 Å². The second-order valence-electron chi connectivity index (χ2n) is 11.9. The Hall–Kier alpha value is -2.84. The lowest BCUT2D eigenvalue weighted by Crippen LogP contribution is -2.42. The molecule has 6 rings (SSSR count). The first-order chi connectivity index (χ1) is 19.1. The lowest BCUT2D eigenvalue weighted by atomic mass is 9.71. The van der Waals surface area contributed by atoms with Gasteiger partial charge in [0.05, 0.1) is 10.4 Å². The van der Waals surface area contributed by atoms with Gasteiger partial charge in [-0.1, -0.05) is 23.7 Å². The molecule has 9 heteroatoms. The molecule has 0 saturated heterocycles. The van der Waals surface area contributed by atoms with Gasteiger partial charge in [-0.2, -0.15) is 0 Å². The third-order valence-electron chi connectivity index (χ3n) is 9.37. The zero-order chi connectivity index (χ0) is 28.1. The number of halogens is 1. The van der Waals surface area contributed by atoms with E-state index in [1.165, 1.54) is 0 Å². The number of ketones is 1. The van der Waals surface area contributed by atoms with Crippen molar-refractivity contribution in [1.82, 2.24) is 4.72 Å². The number of nitrogens with one attached hydrogen (secondary N) is 1. The molecule has 1 amide bonds. The highest BCUT2D eigenvalue weighted by molar-refractivity contribution is 7.91. The minimum atomic E-state index is -3.91. The number of carbonyl (C=O) groups excluding carboxylic acids is 2. The molecule has 1 N–H and O–H groups in total. The van der Waals surface area contributed by atoms with E-state index in [2.05, 4.69) is 9.62 Å². The molecule has 0 radical (unpaired) electrons. The average Bonchev–Trinajstić information content (AvgIpc) is 3.58. The first-order valence-electron chi connectivity index (χ1n) is 14.2. The van der Waals surface area contributed by atoms with Crippen LogP contribution in [0.25, 0.3) is 0 Å². The molecule has 0 spiro atoms. The summed E-state index contributed by atoms with van der Waals surface area (Å²) in [4.78, 5) is 28.6. The molecular formula is C31H35ClN2O5S. The van der Waals surface area contributed by atoms with Gasteiger partial charge >= 0.3 is 0 Å². The van der Waals surface area contributed by atoms with Gasteiger partial charge in [-0.05, 0) is 111 Å². The number of sulfonamides is 1. The van der Waals surface area contributed by atoms with Crippen LogP contribution < -0.4 is 14.4 Å². The summed E-state index contributed by atoms with van der Waals surface area (Å²) >= 11 is 6.29. The molecule has 2 aromatic carbocycles. The van der Waals surface area contributed by atoms with Gasteiger partial charge in [-0.15, -0.1) is 0 Å². The Balaban J connectivity index is 1.39. The Labute approximate surface area is 241 Å². The van der Waals surface area contributed by atoms with Crippen molar-refractivity contribution in [2.75, 3.05) is 18.0 Å². The van der Waals surface area contributed by atoms with E-state index in [0.29, 0.717) is 36.8 Å². The number of amides is 1. The molecule has 2 aliphatic heterocycles. The second kappa shape index (κ2) is 10.5. The minimum absolute atomic E-state index is 0.0427. The summed E-state index contributed by atoms with van der Waals surface area (Å²) in [6, 6.07) is 11.0. The fourth-order valence-corrected chi connectivity index (χ4v) is 8.13. The van der Waals surface area contributed by atoms with Gasteiger partial charge in [0.1, 0.15) is 12.4 Å². The maximum absolute atomic E-state index is 13.3. The molecule has 212 valence electrons. The third kappa shape index (κ3) is 5.16. The van der Waals surface area contributed by atoms with Gasteiger partial charge in [0.15, 0.2) is 5.78 Å². The van der Waals surface area contributed by atoms with E-state index in [4.69, 9.17) is 16.3 Å². The van der Waals surface area contributed by atoms with Crippen LogP contribution in [-0.2, 0) is 27.8 Å². The van der Waals surface area contributed by atoms with Gasteiger partial charge in [-0.3, -0.25) is 9.59 Å². The monoisotopic (exact) mass is 582 g/mol. The average molecular weight is 583 g/mol. The molecule has 0 aromatic heterocycles. The smallest absolute Gasteiger partial charge is 0.264 e. The van der Waals surface area contributed by atoms with Crippen molar-refractivity contribution in [3.8, 4) is 5.75 Å². The Bertz CT molecular complexity index is 1490. The lowest BCUT2D eigenvalue weighted by Gasteiger charge is -2.40. The Morgan fingerprint density at radius 1 is 1.07 bits per heavy atom. The van der Waals surface area contributed by atoms with Crippen LogP contribution in [0.4, 0.5) is 5.69 Å². The summed E-state index contributed by atoms with van der Waals surface area (Å²) in [6.07, 6.45) is 9.00. The summed E-state index contributed by atoms with van der Waals surface area (Å²) in [7, 11) is -3.91. The van der Waals surface area contributed by atoms with Crippen molar-refractivity contribution in [1.29, 1.82) is 0 Å². The first kappa shape index (κ1) is 27.3. The molecule has 2 aromatic rings. The highest BCUT2D eigenvalue weighted by Crippen LogP contribution is 2.52. The number of aryl methyl sites for hydroxylation is 1. The maximum atomic E-state index is 13.3. The van der Waals surface area contributed by atoms with Gasteiger partial charge in [0.25, 0.3) is 5.91 Å². The molecule has 4 atom stereocenters. The van der Waals surface area contributed by atoms with Crippen molar-refractivity contribution < 1.29 is 22.7 Å². The van der Waals surface area contributed by atoms with E-state index in [1.54, 1.807) is 31.2 Å². The van der Waals surface area contributed by atoms with Crippen molar-refractivity contribution in [2.24, 2.45) is 17.8 Å². The molecule has 2 bridgehead atoms. The van der Waals surface area contributed by atoms with Crippen LogP contribution in [-0.4, -0.2) is 37.9 Å². The van der Waals surface area contributed by atoms with E-state index < -0.39 is 20.7 Å². The summed E-state index contributed by atoms with van der Waals surface area (Å²) in [5.41, 5.74) is 3.25. The zero-order valence-corrected chi connectivity index (χ0v) is 24.3. The molecule has 2 saturated carbocycles. The quantitative estimate of drug-likeness (QED) is 0.444. The fourth-order valence-electron chi connectivity index (χ4n) is 6.39. The predicted octanol–water partition coefficient (Wildman–Crippen LogP) is 5.46. The molecule has 40 heavy (non-hydrogen) atoms. The standard InChI is InChI=1S/C31H35ClN2O5S/c1-31-17-24(31)6-4-7-28(35)26-12-9-22(26)18-34-14-3-2-5-20-15-25(32)11-8-23(20)19-39-29-13-10-21(16-27(29)34)30(36)33-40(31,37)38/h4,7-8,10-11,13,15-16,22,24,26H,2-3,5-6,9,12,14,17-19H2,1H3,(H,33,36)/b7-4+/t22-,24+,26+,31+/m0/s1. The van der Waals surface area contributed by atoms with Crippen LogP contribution in [0.3, 0.4) is 0 Å². The Morgan fingerprint density at radius 2 is 1.93 bits per heavy atom. The van der Waals surface area contributed by atoms with Gasteiger partial charge in [0.2, 0.25) is 10.0 Å². The molecule has 0 unspecified atom stereocenters. The lowest BCUT2D eigenvalue weighted by molar-refractivity contribution is -0.122. The van der Waals surface area contributed by atoms with Crippen LogP contribution >= 0.6 is 11.6 Å². The van der Waals surface area contributed by atoms with E-state index in [9.17, 15) is 18.0 Å². The normalized spacial score (nSPS) is 30.6. The van der Waals surface area contributed by atoms with Crippen LogP contribution in [0.15, 0.2) is 48.6 Å². The van der Waals surface area contributed by atoms with Crippen LogP contribution in [0.5, 0.6) is 5.75 Å². The van der Waals surface area contributed by atoms with Crippen LogP contribution in [0.2, 0.25) is 5.02 Å². The zero-order valence-electron chi connectivity index (χ0n) is 22.7. The van der Waals surface area contributed by atoms with Crippen molar-refractivity contribution in [2.45, 2.75) is 63.2 Å². The van der Waals surface area contributed by atoms with Crippen LogP contribution in [0, 0.1) is 17.8 Å². The minimum Gasteiger partial charge on any atom is -0.487 e. The molecular weight excluding hydrogens is 548 g/mol. The number of ether oxygens (including phenoxy) is 1. The number of fused-ring (bicyclic) bond motifs is 4. The fraction of sp³-hybridized carbons (Fsp3) is 0.484. The van der Waals surface area contributed by atoms with E-state index in [1.807, 2.05) is 24.3 Å². The predicted molar refractivity (Wildman–Crippen MR) is 155 cm³/mol. The third-order valence-corrected chi connectivity index (χ3v) is 11.8. The SMILES string of the molecule is C[C@@]12C[C@H]1C/C=C/C(=O)[C@@H]1CC[C@H]1CN1CCCCc3cc(Cl)ccc3COc3ccc(cc31)C(=O)NS2(=O)=O. The van der Waals surface area contributed by atoms with Gasteiger partial charge in [-0.25, -0.2) is 13.1 Å². The molecule has 4 aliphatic rings. The summed E-state index contributed by atoms with van der Waals surface area (Å²) in [6.45, 7) is 3.42. The number of benzene rings is 2. The number of anilines is 1. The largest absolute Gasteiger partial charge is 0.487 e. The van der Waals surface area contributed by atoms with E-state index in [0.717, 1.165) is 55.5 Å². The topological polar surface area (TPSA) is 92.8 Å². The second-order valence-corrected chi connectivity index (χ2v) is 14.5. The van der Waals surface area contributed by atoms with Gasteiger partial charge in [0, 0.05) is 29.6 Å². The van der Waals surface area contributed by atoms with E-state index in [-0.39, 0.29) is 29.1 Å². The van der Waals surface area contributed by atoms with Gasteiger partial charge < -0.3 is 9.64 Å². The first-order valence-corrected chi connectivity index (χ1v) is 16.1. The van der Waals surface area contributed by atoms with Crippen molar-refractivity contribution in [3.05, 3.63) is 70.3 Å². The number of nitrogens with zero attached hydrogens (tertiary/aromatic N) is 1. The maximum Gasteiger partial charge on any atom is 0.264 e. The highest BCUT2D eigenvalue weighted by atomic mass is 35.5. The molecule has 7 nitrogen and oxygen atoms in total. The Morgan fingerprint density at radius 3 is 2.73 bits per heavy atom. The number of carbonyl (C=O) groups is 2. The number of rotatable bonds is 0. The molecule has 2 heterocycles. The van der Waals surface area contributed by atoms with Crippen molar-refractivity contribution in [3.63, 3.8) is 0 Å². The number of allylic oxidation sites excluding steroid dienone is 2. The van der Waals surface area contributed by atoms with E-state index >= 15 is 0 Å².